The summed E-state index contributed by atoms with van der Waals surface area (Å²) in [6.07, 6.45) is -1.89. The maximum atomic E-state index is 11.7. The Morgan fingerprint density at radius 2 is 1.80 bits per heavy atom. The zero-order valence-electron chi connectivity index (χ0n) is 14.4. The van der Waals surface area contributed by atoms with Crippen LogP contribution in [0.25, 0.3) is 0 Å². The van der Waals surface area contributed by atoms with Gasteiger partial charge in [-0.3, -0.25) is 18.9 Å². The number of carbonyl (C=O) groups excluding carboxylic acids is 3. The molecule has 0 aromatic rings. The van der Waals surface area contributed by atoms with E-state index in [2.05, 4.69) is 15.2 Å². The van der Waals surface area contributed by atoms with E-state index in [4.69, 9.17) is 9.79 Å². The molecule has 0 unspecified atom stereocenters. The minimum absolute atomic E-state index is 0.00836. The quantitative estimate of drug-likeness (QED) is 0.228. The number of carbonyl (C=O) groups is 3. The molecule has 0 aliphatic carbocycles. The van der Waals surface area contributed by atoms with Gasteiger partial charge in [-0.15, -0.1) is 0 Å². The van der Waals surface area contributed by atoms with Gasteiger partial charge in [-0.05, 0) is 13.8 Å². The molecule has 10 nitrogen and oxygen atoms in total. The van der Waals surface area contributed by atoms with Gasteiger partial charge in [0.25, 0.3) is 0 Å². The van der Waals surface area contributed by atoms with E-state index in [-0.39, 0.29) is 30.4 Å². The summed E-state index contributed by atoms with van der Waals surface area (Å²) in [4.78, 5) is 51.5. The third-order valence-corrected chi connectivity index (χ3v) is 4.28. The molecule has 0 spiro atoms. The van der Waals surface area contributed by atoms with Gasteiger partial charge in [-0.2, -0.15) is 0 Å². The molecule has 146 valence electrons. The van der Waals surface area contributed by atoms with E-state index in [1.807, 2.05) is 0 Å². The third kappa shape index (κ3) is 13.9. The molecule has 0 aliphatic heterocycles. The Bertz CT molecular complexity index is 522. The Labute approximate surface area is 150 Å². The number of hydrogen-bond donors (Lipinski definition) is 5. The van der Waals surface area contributed by atoms with E-state index in [1.165, 1.54) is 20.8 Å². The molecule has 0 radical (unpaired) electrons. The lowest BCUT2D eigenvalue weighted by molar-refractivity contribution is -0.132. The zero-order valence-corrected chi connectivity index (χ0v) is 16.1. The highest BCUT2D eigenvalue weighted by atomic mass is 32.2. The normalized spacial score (nSPS) is 13.2. The molecule has 0 aromatic heterocycles. The molecule has 0 saturated heterocycles. The van der Waals surface area contributed by atoms with Crippen LogP contribution in [-0.2, 0) is 23.5 Å². The standard InChI is InChI=1S/C13H25N2O8PS/c1-9(16)25-7-6-14-11(18)4-5-15-12(19)10(17)8-13(2,3)23-24(20,21)22/h10,17H,4-8H2,1-3H3,(H,14,18)(H,15,19)(H2,20,21,22)/t10-/m1/s1. The molecule has 0 bridgehead atoms. The number of phosphoric ester groups is 1. The number of phosphoric acid groups is 1. The van der Waals surface area contributed by atoms with Crippen molar-refractivity contribution in [3.8, 4) is 0 Å². The fourth-order valence-electron chi connectivity index (χ4n) is 1.81. The van der Waals surface area contributed by atoms with Gasteiger partial charge >= 0.3 is 7.82 Å². The maximum absolute atomic E-state index is 11.7. The fourth-order valence-corrected chi connectivity index (χ4v) is 3.02. The van der Waals surface area contributed by atoms with E-state index in [9.17, 15) is 24.1 Å². The second-order valence-corrected chi connectivity index (χ2v) is 8.23. The molecular weight excluding hydrogens is 375 g/mol. The Kier molecular flexibility index (Phi) is 10.5. The van der Waals surface area contributed by atoms with Crippen molar-refractivity contribution < 1.29 is 38.4 Å². The maximum Gasteiger partial charge on any atom is 0.470 e. The number of nitrogens with one attached hydrogen (secondary N) is 2. The molecule has 25 heavy (non-hydrogen) atoms. The van der Waals surface area contributed by atoms with Crippen molar-refractivity contribution in [1.82, 2.24) is 10.6 Å². The minimum Gasteiger partial charge on any atom is -0.383 e. The Morgan fingerprint density at radius 3 is 2.32 bits per heavy atom. The second-order valence-electron chi connectivity index (χ2n) is 5.79. The first-order chi connectivity index (χ1) is 11.3. The van der Waals surface area contributed by atoms with E-state index >= 15 is 0 Å². The van der Waals surface area contributed by atoms with Gasteiger partial charge in [-0.25, -0.2) is 4.57 Å². The average Bonchev–Trinajstić information content (AvgIpc) is 2.39. The van der Waals surface area contributed by atoms with E-state index in [0.29, 0.717) is 12.3 Å². The zero-order chi connectivity index (χ0) is 19.7. The Hall–Kier alpha value is -0.970. The van der Waals surface area contributed by atoms with Gasteiger partial charge in [-0.1, -0.05) is 11.8 Å². The Morgan fingerprint density at radius 1 is 1.20 bits per heavy atom. The predicted octanol–water partition coefficient (Wildman–Crippen LogP) is -0.472. The Balaban J connectivity index is 4.07. The van der Waals surface area contributed by atoms with E-state index in [0.717, 1.165) is 11.8 Å². The minimum atomic E-state index is -4.75. The lowest BCUT2D eigenvalue weighted by atomic mass is 10.0. The summed E-state index contributed by atoms with van der Waals surface area (Å²) in [7, 11) is -4.75. The van der Waals surface area contributed by atoms with Gasteiger partial charge < -0.3 is 25.5 Å². The van der Waals surface area contributed by atoms with Crippen LogP contribution in [0.1, 0.15) is 33.6 Å². The highest BCUT2D eigenvalue weighted by Gasteiger charge is 2.33. The van der Waals surface area contributed by atoms with Crippen LogP contribution >= 0.6 is 19.6 Å². The summed E-state index contributed by atoms with van der Waals surface area (Å²) < 4.78 is 15.3. The SMILES string of the molecule is CC(=O)SCCNC(=O)CCNC(=O)[C@H](O)CC(C)(C)OP(=O)(O)O. The number of aliphatic hydroxyl groups is 1. The first-order valence-corrected chi connectivity index (χ1v) is 9.96. The molecule has 0 heterocycles. The summed E-state index contributed by atoms with van der Waals surface area (Å²) in [6, 6.07) is 0. The monoisotopic (exact) mass is 400 g/mol. The molecule has 0 fully saturated rings. The lowest BCUT2D eigenvalue weighted by Crippen LogP contribution is -2.41. The smallest absolute Gasteiger partial charge is 0.383 e. The largest absolute Gasteiger partial charge is 0.470 e. The van der Waals surface area contributed by atoms with Gasteiger partial charge in [0.1, 0.15) is 6.10 Å². The van der Waals surface area contributed by atoms with Crippen LogP contribution in [0.15, 0.2) is 0 Å². The van der Waals surface area contributed by atoms with Crippen molar-refractivity contribution in [2.24, 2.45) is 0 Å². The molecule has 12 heteroatoms. The lowest BCUT2D eigenvalue weighted by Gasteiger charge is -2.27. The van der Waals surface area contributed by atoms with Crippen LogP contribution in [0, 0.1) is 0 Å². The summed E-state index contributed by atoms with van der Waals surface area (Å²) in [5.74, 6) is -0.632. The van der Waals surface area contributed by atoms with Crippen LogP contribution in [-0.4, -0.2) is 62.4 Å². The van der Waals surface area contributed by atoms with Crippen LogP contribution in [0.4, 0.5) is 0 Å². The molecule has 1 atom stereocenters. The highest BCUT2D eigenvalue weighted by molar-refractivity contribution is 8.13. The first-order valence-electron chi connectivity index (χ1n) is 7.44. The number of aliphatic hydroxyl groups excluding tert-OH is 1. The number of rotatable bonds is 11. The van der Waals surface area contributed by atoms with Crippen LogP contribution < -0.4 is 10.6 Å². The van der Waals surface area contributed by atoms with E-state index < -0.39 is 25.4 Å². The number of hydrogen-bond acceptors (Lipinski definition) is 7. The third-order valence-electron chi connectivity index (χ3n) is 2.73. The summed E-state index contributed by atoms with van der Waals surface area (Å²) in [5, 5.41) is 14.6. The van der Waals surface area contributed by atoms with Crippen LogP contribution in [0.5, 0.6) is 0 Å². The topological polar surface area (TPSA) is 162 Å². The van der Waals surface area contributed by atoms with Crippen molar-refractivity contribution in [2.45, 2.75) is 45.3 Å². The molecule has 0 aliphatic rings. The molecule has 0 saturated carbocycles. The summed E-state index contributed by atoms with van der Waals surface area (Å²) in [6.45, 7) is 4.40. The predicted molar refractivity (Wildman–Crippen MR) is 91.6 cm³/mol. The molecular formula is C13H25N2O8PS. The van der Waals surface area contributed by atoms with Gasteiger partial charge in [0.15, 0.2) is 5.12 Å². The van der Waals surface area contributed by atoms with Gasteiger partial charge in [0.05, 0.1) is 5.60 Å². The highest BCUT2D eigenvalue weighted by Crippen LogP contribution is 2.42. The van der Waals surface area contributed by atoms with Gasteiger partial charge in [0.2, 0.25) is 11.8 Å². The van der Waals surface area contributed by atoms with E-state index in [1.54, 1.807) is 0 Å². The van der Waals surface area contributed by atoms with Crippen molar-refractivity contribution in [2.75, 3.05) is 18.8 Å². The molecule has 2 amide bonds. The van der Waals surface area contributed by atoms with Gasteiger partial charge in [0, 0.05) is 38.6 Å². The second kappa shape index (κ2) is 10.9. The number of thioether (sulfide) groups is 1. The van der Waals surface area contributed by atoms with Crippen molar-refractivity contribution in [1.29, 1.82) is 0 Å². The van der Waals surface area contributed by atoms with Crippen molar-refractivity contribution in [3.63, 3.8) is 0 Å². The summed E-state index contributed by atoms with van der Waals surface area (Å²) in [5.41, 5.74) is -1.42. The van der Waals surface area contributed by atoms with Crippen LogP contribution in [0.2, 0.25) is 0 Å². The van der Waals surface area contributed by atoms with Crippen LogP contribution in [0.3, 0.4) is 0 Å². The summed E-state index contributed by atoms with van der Waals surface area (Å²) >= 11 is 1.09. The van der Waals surface area contributed by atoms with Crippen molar-refractivity contribution >= 4 is 36.5 Å². The first kappa shape index (κ1) is 24.0. The van der Waals surface area contributed by atoms with Crippen molar-refractivity contribution in [3.05, 3.63) is 0 Å². The molecule has 5 N–H and O–H groups in total. The fraction of sp³-hybridized carbons (Fsp3) is 0.769. The average molecular weight is 400 g/mol. The number of amides is 2. The molecule has 0 aromatic carbocycles. The molecule has 0 rings (SSSR count).